The van der Waals surface area contributed by atoms with Crippen molar-refractivity contribution in [1.82, 2.24) is 24.1 Å². The molecule has 3 aromatic heterocycles. The molecular formula is C22H25N5O. The van der Waals surface area contributed by atoms with Crippen LogP contribution in [-0.2, 0) is 0 Å². The van der Waals surface area contributed by atoms with Gasteiger partial charge in [0.2, 0.25) is 0 Å². The summed E-state index contributed by atoms with van der Waals surface area (Å²) in [5, 5.41) is 5.80. The van der Waals surface area contributed by atoms with Crippen LogP contribution in [0.1, 0.15) is 49.4 Å². The average molecular weight is 375 g/mol. The molecule has 0 N–H and O–H groups in total. The number of benzene rings is 1. The lowest BCUT2D eigenvalue weighted by Crippen LogP contribution is -2.14. The number of fused-ring (bicyclic) bond motifs is 3. The first kappa shape index (κ1) is 17.2. The van der Waals surface area contributed by atoms with Gasteiger partial charge in [-0.05, 0) is 44.4 Å². The molecule has 0 bridgehead atoms. The van der Waals surface area contributed by atoms with Crippen LogP contribution >= 0.6 is 0 Å². The molecule has 6 nitrogen and oxygen atoms in total. The third-order valence-corrected chi connectivity index (χ3v) is 6.16. The normalized spacial score (nSPS) is 15.5. The van der Waals surface area contributed by atoms with Gasteiger partial charge in [-0.2, -0.15) is 0 Å². The van der Waals surface area contributed by atoms with Crippen LogP contribution in [-0.4, -0.2) is 31.3 Å². The summed E-state index contributed by atoms with van der Waals surface area (Å²) in [4.78, 5) is 9.71. The van der Waals surface area contributed by atoms with Crippen LogP contribution in [0.25, 0.3) is 28.1 Å². The smallest absolute Gasteiger partial charge is 0.185 e. The molecule has 5 rings (SSSR count). The highest BCUT2D eigenvalue weighted by atomic mass is 16.5. The third-order valence-electron chi connectivity index (χ3n) is 6.16. The first-order valence-electron chi connectivity index (χ1n) is 10.0. The van der Waals surface area contributed by atoms with Crippen LogP contribution in [0.15, 0.2) is 30.6 Å². The van der Waals surface area contributed by atoms with E-state index in [9.17, 15) is 0 Å². The maximum atomic E-state index is 5.50. The van der Waals surface area contributed by atoms with E-state index in [1.807, 2.05) is 24.3 Å². The first-order valence-corrected chi connectivity index (χ1v) is 10.0. The summed E-state index contributed by atoms with van der Waals surface area (Å²) >= 11 is 0. The van der Waals surface area contributed by atoms with Crippen LogP contribution in [0.3, 0.4) is 0 Å². The Balaban J connectivity index is 1.73. The zero-order chi connectivity index (χ0) is 19.3. The van der Waals surface area contributed by atoms with E-state index < -0.39 is 0 Å². The van der Waals surface area contributed by atoms with Gasteiger partial charge in [-0.15, -0.1) is 5.10 Å². The number of para-hydroxylation sites is 1. The van der Waals surface area contributed by atoms with Crippen LogP contribution in [0.2, 0.25) is 0 Å². The summed E-state index contributed by atoms with van der Waals surface area (Å²) in [6.45, 7) is 4.38. The van der Waals surface area contributed by atoms with Gasteiger partial charge in [0.15, 0.2) is 11.5 Å². The minimum atomic E-state index is 0.538. The van der Waals surface area contributed by atoms with E-state index in [0.29, 0.717) is 11.9 Å². The predicted octanol–water partition coefficient (Wildman–Crippen LogP) is 4.88. The van der Waals surface area contributed by atoms with Gasteiger partial charge in [-0.3, -0.25) is 0 Å². The van der Waals surface area contributed by atoms with Gasteiger partial charge in [0, 0.05) is 11.7 Å². The van der Waals surface area contributed by atoms with E-state index in [0.717, 1.165) is 28.0 Å². The van der Waals surface area contributed by atoms with Gasteiger partial charge in [0.25, 0.3) is 0 Å². The number of rotatable bonds is 3. The first-order chi connectivity index (χ1) is 13.7. The second-order valence-corrected chi connectivity index (χ2v) is 7.72. The van der Waals surface area contributed by atoms with Gasteiger partial charge in [0.1, 0.15) is 17.7 Å². The lowest BCUT2D eigenvalue weighted by Gasteiger charge is -2.25. The predicted molar refractivity (Wildman–Crippen MR) is 110 cm³/mol. The Morgan fingerprint density at radius 3 is 2.61 bits per heavy atom. The van der Waals surface area contributed by atoms with Crippen molar-refractivity contribution in [3.05, 3.63) is 41.9 Å². The molecule has 1 saturated carbocycles. The van der Waals surface area contributed by atoms with Crippen molar-refractivity contribution in [3.63, 3.8) is 0 Å². The number of hydrogen-bond acceptors (Lipinski definition) is 4. The lowest BCUT2D eigenvalue weighted by molar-refractivity contribution is 0.355. The molecule has 1 aliphatic carbocycles. The van der Waals surface area contributed by atoms with Crippen LogP contribution in [0.4, 0.5) is 0 Å². The Morgan fingerprint density at radius 2 is 1.82 bits per heavy atom. The number of methoxy groups -OCH3 is 1. The molecular weight excluding hydrogens is 350 g/mol. The summed E-state index contributed by atoms with van der Waals surface area (Å²) in [5.41, 5.74) is 5.33. The average Bonchev–Trinajstić information content (AvgIpc) is 3.28. The molecule has 6 heteroatoms. The number of aromatic nitrogens is 5. The Morgan fingerprint density at radius 1 is 1.04 bits per heavy atom. The third kappa shape index (κ3) is 2.51. The topological polar surface area (TPSA) is 57.2 Å². The lowest BCUT2D eigenvalue weighted by atomic mass is 9.95. The molecule has 0 saturated heterocycles. The minimum absolute atomic E-state index is 0.538. The molecule has 0 spiro atoms. The molecule has 4 aromatic rings. The number of ether oxygens (including phenoxy) is 1. The van der Waals surface area contributed by atoms with Crippen molar-refractivity contribution in [1.29, 1.82) is 0 Å². The SMILES string of the molecule is COc1ccccc1-c1nc2c3c(C)c(C)n(C4CCCCC4)c3ncn2n1. The molecule has 1 aromatic carbocycles. The van der Waals surface area contributed by atoms with Gasteiger partial charge < -0.3 is 9.30 Å². The minimum Gasteiger partial charge on any atom is -0.496 e. The monoisotopic (exact) mass is 375 g/mol. The fourth-order valence-electron chi connectivity index (χ4n) is 4.62. The van der Waals surface area contributed by atoms with E-state index >= 15 is 0 Å². The van der Waals surface area contributed by atoms with Crippen LogP contribution < -0.4 is 4.74 Å². The highest BCUT2D eigenvalue weighted by Crippen LogP contribution is 2.36. The Hall–Kier alpha value is -2.89. The van der Waals surface area contributed by atoms with Gasteiger partial charge in [0.05, 0.1) is 18.1 Å². The zero-order valence-electron chi connectivity index (χ0n) is 16.6. The maximum absolute atomic E-state index is 5.50. The standard InChI is InChI=1S/C22H25N5O/c1-14-15(2)27(16-9-5-4-6-10-16)21-19(14)22-24-20(25-26(22)13-23-21)17-11-7-8-12-18(17)28-3/h7-8,11-13,16H,4-6,9-10H2,1-3H3. The van der Waals surface area contributed by atoms with E-state index in [1.165, 1.54) is 43.4 Å². The second-order valence-electron chi connectivity index (χ2n) is 7.72. The molecule has 28 heavy (non-hydrogen) atoms. The molecule has 0 atom stereocenters. The zero-order valence-corrected chi connectivity index (χ0v) is 16.6. The summed E-state index contributed by atoms with van der Waals surface area (Å²) in [6.07, 6.45) is 8.20. The highest BCUT2D eigenvalue weighted by Gasteiger charge is 2.24. The Bertz CT molecular complexity index is 1170. The molecule has 0 radical (unpaired) electrons. The molecule has 144 valence electrons. The number of aryl methyl sites for hydroxylation is 1. The number of nitrogens with zero attached hydrogens (tertiary/aromatic N) is 5. The molecule has 1 aliphatic rings. The van der Waals surface area contributed by atoms with Crippen molar-refractivity contribution in [2.45, 2.75) is 52.0 Å². The van der Waals surface area contributed by atoms with E-state index in [1.54, 1.807) is 18.0 Å². The van der Waals surface area contributed by atoms with E-state index in [-0.39, 0.29) is 0 Å². The van der Waals surface area contributed by atoms with E-state index in [2.05, 4.69) is 23.5 Å². The van der Waals surface area contributed by atoms with Crippen molar-refractivity contribution in [2.75, 3.05) is 7.11 Å². The summed E-state index contributed by atoms with van der Waals surface area (Å²) in [7, 11) is 1.67. The quantitative estimate of drug-likeness (QED) is 0.512. The Labute approximate surface area is 164 Å². The molecule has 3 heterocycles. The van der Waals surface area contributed by atoms with Crippen molar-refractivity contribution >= 4 is 16.7 Å². The second kappa shape index (κ2) is 6.62. The van der Waals surface area contributed by atoms with Gasteiger partial charge >= 0.3 is 0 Å². The summed E-state index contributed by atoms with van der Waals surface area (Å²) < 4.78 is 9.74. The molecule has 0 unspecified atom stereocenters. The maximum Gasteiger partial charge on any atom is 0.185 e. The number of hydrogen-bond donors (Lipinski definition) is 0. The largest absolute Gasteiger partial charge is 0.496 e. The van der Waals surface area contributed by atoms with Gasteiger partial charge in [-0.25, -0.2) is 14.5 Å². The highest BCUT2D eigenvalue weighted by molar-refractivity contribution is 5.94. The molecule has 0 aliphatic heterocycles. The fraction of sp³-hybridized carbons (Fsp3) is 0.409. The fourth-order valence-corrected chi connectivity index (χ4v) is 4.62. The van der Waals surface area contributed by atoms with Crippen molar-refractivity contribution < 1.29 is 4.74 Å². The molecule has 0 amide bonds. The molecule has 1 fully saturated rings. The van der Waals surface area contributed by atoms with Crippen molar-refractivity contribution in [3.8, 4) is 17.1 Å². The van der Waals surface area contributed by atoms with Crippen LogP contribution in [0, 0.1) is 13.8 Å². The van der Waals surface area contributed by atoms with Gasteiger partial charge in [-0.1, -0.05) is 31.4 Å². The van der Waals surface area contributed by atoms with Crippen LogP contribution in [0.5, 0.6) is 5.75 Å². The van der Waals surface area contributed by atoms with E-state index in [4.69, 9.17) is 14.7 Å². The Kier molecular flexibility index (Phi) is 4.07. The van der Waals surface area contributed by atoms with Crippen molar-refractivity contribution in [2.24, 2.45) is 0 Å². The summed E-state index contributed by atoms with van der Waals surface area (Å²) in [5.74, 6) is 1.43. The summed E-state index contributed by atoms with van der Waals surface area (Å²) in [6, 6.07) is 8.39.